The van der Waals surface area contributed by atoms with E-state index in [1.807, 2.05) is 0 Å². The van der Waals surface area contributed by atoms with E-state index >= 15 is 0 Å². The number of aromatic hydroxyl groups is 1. The molecule has 1 saturated heterocycles. The van der Waals surface area contributed by atoms with Gasteiger partial charge in [-0.25, -0.2) is 0 Å². The summed E-state index contributed by atoms with van der Waals surface area (Å²) < 4.78 is 5.06. The van der Waals surface area contributed by atoms with Gasteiger partial charge >= 0.3 is 0 Å². The van der Waals surface area contributed by atoms with Gasteiger partial charge in [0.2, 0.25) is 5.91 Å². The summed E-state index contributed by atoms with van der Waals surface area (Å²) in [6.45, 7) is 2.14. The number of amides is 1. The van der Waals surface area contributed by atoms with Gasteiger partial charge in [-0.05, 0) is 30.7 Å². The van der Waals surface area contributed by atoms with Crippen LogP contribution in [0.15, 0.2) is 12.1 Å². The van der Waals surface area contributed by atoms with Gasteiger partial charge in [0, 0.05) is 13.1 Å². The van der Waals surface area contributed by atoms with Crippen molar-refractivity contribution in [2.75, 3.05) is 20.2 Å². The number of nitrogens with zero attached hydrogens (tertiary/aromatic N) is 1. The first-order chi connectivity index (χ1) is 9.01. The number of phenolic OH excluding ortho intramolecular Hbond substituents is 1. The standard InChI is InChI=1S/C13H17ClN2O3/c1-19-11-5-8(4-10(14)12(11)17)6-16-3-2-9(7-16)13(15)18/h4-5,9,17H,2-3,6-7H2,1H3,(H2,15,18). The number of carbonyl (C=O) groups excluding carboxylic acids is 1. The van der Waals surface area contributed by atoms with Gasteiger partial charge in [-0.3, -0.25) is 9.69 Å². The first kappa shape index (κ1) is 14.0. The maximum atomic E-state index is 11.1. The second kappa shape index (κ2) is 5.67. The molecule has 0 radical (unpaired) electrons. The molecule has 1 aromatic rings. The normalized spacial score (nSPS) is 19.6. The molecule has 0 spiro atoms. The third-order valence-corrected chi connectivity index (χ3v) is 3.68. The quantitative estimate of drug-likeness (QED) is 0.875. The van der Waals surface area contributed by atoms with Crippen molar-refractivity contribution in [3.63, 3.8) is 0 Å². The minimum Gasteiger partial charge on any atom is -0.503 e. The van der Waals surface area contributed by atoms with Crippen LogP contribution in [0, 0.1) is 5.92 Å². The molecule has 1 aliphatic rings. The van der Waals surface area contributed by atoms with Crippen molar-refractivity contribution in [1.82, 2.24) is 4.90 Å². The molecular formula is C13H17ClN2O3. The average Bonchev–Trinajstić information content (AvgIpc) is 2.82. The van der Waals surface area contributed by atoms with Crippen molar-refractivity contribution in [3.05, 3.63) is 22.7 Å². The molecule has 5 nitrogen and oxygen atoms in total. The van der Waals surface area contributed by atoms with Crippen molar-refractivity contribution in [3.8, 4) is 11.5 Å². The number of rotatable bonds is 4. The van der Waals surface area contributed by atoms with Crippen LogP contribution in [0.3, 0.4) is 0 Å². The molecule has 1 aliphatic heterocycles. The maximum Gasteiger partial charge on any atom is 0.221 e. The molecule has 0 bridgehead atoms. The Hall–Kier alpha value is -1.46. The number of carbonyl (C=O) groups is 1. The van der Waals surface area contributed by atoms with Crippen LogP contribution < -0.4 is 10.5 Å². The van der Waals surface area contributed by atoms with Crippen LogP contribution in [-0.2, 0) is 11.3 Å². The molecule has 0 aromatic heterocycles. The van der Waals surface area contributed by atoms with Crippen LogP contribution >= 0.6 is 11.6 Å². The summed E-state index contributed by atoms with van der Waals surface area (Å²) in [7, 11) is 1.48. The number of halogens is 1. The molecule has 0 aliphatic carbocycles. The number of benzene rings is 1. The highest BCUT2D eigenvalue weighted by Crippen LogP contribution is 2.35. The van der Waals surface area contributed by atoms with Crippen LogP contribution in [0.25, 0.3) is 0 Å². The zero-order chi connectivity index (χ0) is 14.0. The lowest BCUT2D eigenvalue weighted by molar-refractivity contribution is -0.121. The highest BCUT2D eigenvalue weighted by atomic mass is 35.5. The number of phenols is 1. The minimum absolute atomic E-state index is 0.0515. The Morgan fingerprint density at radius 1 is 1.63 bits per heavy atom. The summed E-state index contributed by atoms with van der Waals surface area (Å²) in [5.74, 6) is -0.0178. The number of nitrogens with two attached hydrogens (primary N) is 1. The molecule has 1 aromatic carbocycles. The van der Waals surface area contributed by atoms with E-state index in [-0.39, 0.29) is 22.6 Å². The maximum absolute atomic E-state index is 11.1. The van der Waals surface area contributed by atoms with Crippen molar-refractivity contribution < 1.29 is 14.6 Å². The predicted octanol–water partition coefficient (Wildman–Crippen LogP) is 1.36. The third kappa shape index (κ3) is 3.11. The lowest BCUT2D eigenvalue weighted by Gasteiger charge is -2.16. The smallest absolute Gasteiger partial charge is 0.221 e. The van der Waals surface area contributed by atoms with Gasteiger partial charge in [-0.15, -0.1) is 0 Å². The number of ether oxygens (including phenoxy) is 1. The number of primary amides is 1. The number of likely N-dealkylation sites (tertiary alicyclic amines) is 1. The fourth-order valence-electron chi connectivity index (χ4n) is 2.34. The summed E-state index contributed by atoms with van der Waals surface area (Å²) in [4.78, 5) is 13.3. The van der Waals surface area contributed by atoms with E-state index in [1.54, 1.807) is 12.1 Å². The number of hydrogen-bond acceptors (Lipinski definition) is 4. The van der Waals surface area contributed by atoms with Crippen LogP contribution in [0.1, 0.15) is 12.0 Å². The zero-order valence-corrected chi connectivity index (χ0v) is 11.5. The molecule has 1 fully saturated rings. The van der Waals surface area contributed by atoms with Gasteiger partial charge in [0.25, 0.3) is 0 Å². The fraction of sp³-hybridized carbons (Fsp3) is 0.462. The van der Waals surface area contributed by atoms with E-state index in [4.69, 9.17) is 22.1 Å². The van der Waals surface area contributed by atoms with Gasteiger partial charge in [-0.1, -0.05) is 11.6 Å². The largest absolute Gasteiger partial charge is 0.503 e. The third-order valence-electron chi connectivity index (χ3n) is 3.39. The van der Waals surface area contributed by atoms with E-state index in [1.165, 1.54) is 7.11 Å². The molecule has 104 valence electrons. The molecule has 2 rings (SSSR count). The van der Waals surface area contributed by atoms with Crippen LogP contribution in [0.2, 0.25) is 5.02 Å². The van der Waals surface area contributed by atoms with E-state index < -0.39 is 0 Å². The molecule has 19 heavy (non-hydrogen) atoms. The SMILES string of the molecule is COc1cc(CN2CCC(C(N)=O)C2)cc(Cl)c1O. The van der Waals surface area contributed by atoms with E-state index in [0.717, 1.165) is 18.5 Å². The Labute approximate surface area is 116 Å². The summed E-state index contributed by atoms with van der Waals surface area (Å²) >= 11 is 5.94. The first-order valence-electron chi connectivity index (χ1n) is 6.08. The Morgan fingerprint density at radius 2 is 2.37 bits per heavy atom. The van der Waals surface area contributed by atoms with Gasteiger partial charge < -0.3 is 15.6 Å². The highest BCUT2D eigenvalue weighted by Gasteiger charge is 2.26. The fourth-order valence-corrected chi connectivity index (χ4v) is 2.57. The van der Waals surface area contributed by atoms with Crippen LogP contribution in [0.5, 0.6) is 11.5 Å². The van der Waals surface area contributed by atoms with E-state index in [2.05, 4.69) is 4.90 Å². The lowest BCUT2D eigenvalue weighted by Crippen LogP contribution is -2.27. The van der Waals surface area contributed by atoms with E-state index in [9.17, 15) is 9.90 Å². The molecule has 1 atom stereocenters. The lowest BCUT2D eigenvalue weighted by atomic mass is 10.1. The monoisotopic (exact) mass is 284 g/mol. The van der Waals surface area contributed by atoms with Crippen molar-refractivity contribution in [2.45, 2.75) is 13.0 Å². The van der Waals surface area contributed by atoms with Crippen molar-refractivity contribution >= 4 is 17.5 Å². The molecule has 0 saturated carbocycles. The summed E-state index contributed by atoms with van der Waals surface area (Å²) in [5.41, 5.74) is 6.24. The topological polar surface area (TPSA) is 75.8 Å². The average molecular weight is 285 g/mol. The minimum atomic E-state index is -0.246. The summed E-state index contributed by atoms with van der Waals surface area (Å²) in [6.07, 6.45) is 0.790. The van der Waals surface area contributed by atoms with Gasteiger partial charge in [0.05, 0.1) is 18.1 Å². The zero-order valence-electron chi connectivity index (χ0n) is 10.7. The first-order valence-corrected chi connectivity index (χ1v) is 6.46. The number of hydrogen-bond donors (Lipinski definition) is 2. The Morgan fingerprint density at radius 3 is 2.95 bits per heavy atom. The predicted molar refractivity (Wildman–Crippen MR) is 72.2 cm³/mol. The summed E-state index contributed by atoms with van der Waals surface area (Å²) in [5, 5.41) is 9.93. The highest BCUT2D eigenvalue weighted by molar-refractivity contribution is 6.32. The molecular weight excluding hydrogens is 268 g/mol. The van der Waals surface area contributed by atoms with Gasteiger partial charge in [-0.2, -0.15) is 0 Å². The molecule has 1 heterocycles. The Balaban J connectivity index is 2.08. The van der Waals surface area contributed by atoms with Gasteiger partial charge in [0.15, 0.2) is 11.5 Å². The molecule has 3 N–H and O–H groups in total. The summed E-state index contributed by atoms with van der Waals surface area (Å²) in [6, 6.07) is 3.45. The molecule has 1 unspecified atom stereocenters. The second-order valence-corrected chi connectivity index (χ2v) is 5.16. The molecule has 1 amide bonds. The van der Waals surface area contributed by atoms with E-state index in [0.29, 0.717) is 18.8 Å². The Bertz CT molecular complexity index is 493. The number of methoxy groups -OCH3 is 1. The Kier molecular flexibility index (Phi) is 4.17. The van der Waals surface area contributed by atoms with Crippen LogP contribution in [0.4, 0.5) is 0 Å². The van der Waals surface area contributed by atoms with Crippen molar-refractivity contribution in [2.24, 2.45) is 11.7 Å². The van der Waals surface area contributed by atoms with Crippen molar-refractivity contribution in [1.29, 1.82) is 0 Å². The van der Waals surface area contributed by atoms with Crippen LogP contribution in [-0.4, -0.2) is 36.1 Å². The second-order valence-electron chi connectivity index (χ2n) is 4.75. The molecule has 6 heteroatoms. The van der Waals surface area contributed by atoms with Gasteiger partial charge in [0.1, 0.15) is 0 Å².